The van der Waals surface area contributed by atoms with Crippen molar-refractivity contribution in [3.8, 4) is 0 Å². The summed E-state index contributed by atoms with van der Waals surface area (Å²) in [6, 6.07) is 15.1. The van der Waals surface area contributed by atoms with Gasteiger partial charge in [-0.15, -0.1) is 11.8 Å². The average molecular weight is 1660 g/mol. The first kappa shape index (κ1) is 85.3. The standard InChI is InChI=1S/C21H31N3OS.C20H21ClN2O2S.C18H25N3OS.C15H22N4O.C15H21N3OS/c22-19-9-10-23-21-15(7-8-18(19)21)11-24-12-16(20(25)13-24)14-26-17-5-3-1-2-4-6-17;21-12-1-3-13(4-2-12)26-10-11-9-16(20(25)19(11)24)14-5-6-15-17(22)7-8-23-18(14)15;19-16-6-7-20-18-12(4-5-15(16)18)8-21-9-13(17(22)10-21)11-23-14-2-1-3-14;1-2-3-10-6-19(8-13(10)20)7-11-4-5-12-14(11)17-9-18-15(12)16;1-20-9-11-7-18(8-14(11)19)6-10-2-3-12-13(16)4-5-17-15(10)12/h7,9-10,16-17,20,25H,1-6,8,11-14H2,(H2,22,23);1-5,7-8,11,16,19-20,24-25H,6,9-10H2,(H2,22,23);4,6-7,13-14,17,22H,1-3,5,8-11H2,(H2,19,20);4,9-10,13,20H,2-3,5-8H2,1H3,(H2,16,17,18);2,4-5,11,14,19H,3,6-9H2,1H3,(H2,16,17)/t16-,20-;11-,16+,19+,20?;13-,17-;10-,13+;11-,14-/m11101/s1. The number of hydrogen-bond acceptors (Lipinski definition) is 25. The molecule has 26 heteroatoms. The fourth-order valence-corrected chi connectivity index (χ4v) is 23.7. The summed E-state index contributed by atoms with van der Waals surface area (Å²) < 4.78 is 0. The summed E-state index contributed by atoms with van der Waals surface area (Å²) >= 11 is 13.6. The molecule has 115 heavy (non-hydrogen) atoms. The van der Waals surface area contributed by atoms with Gasteiger partial charge in [0.05, 0.1) is 65.1 Å². The molecule has 8 aliphatic carbocycles. The van der Waals surface area contributed by atoms with E-state index in [0.717, 1.165) is 242 Å². The van der Waals surface area contributed by atoms with Crippen LogP contribution in [0.4, 0.5) is 28.6 Å². The molecule has 16 N–H and O–H groups in total. The summed E-state index contributed by atoms with van der Waals surface area (Å²) in [5, 5.41) is 64.7. The lowest BCUT2D eigenvalue weighted by Gasteiger charge is -2.26. The number of aliphatic hydroxyl groups is 6. The highest BCUT2D eigenvalue weighted by Gasteiger charge is 2.45. The molecule has 1 aromatic carbocycles. The highest BCUT2D eigenvalue weighted by Crippen LogP contribution is 2.47. The number of rotatable bonds is 22. The monoisotopic (exact) mass is 1660 g/mol. The normalized spacial score (nSPS) is 26.9. The third-order valence-corrected chi connectivity index (χ3v) is 30.9. The van der Waals surface area contributed by atoms with Crippen molar-refractivity contribution in [3.63, 3.8) is 0 Å². The molecule has 18 rings (SSSR count). The van der Waals surface area contributed by atoms with Gasteiger partial charge in [-0.05, 0) is 171 Å². The Morgan fingerprint density at radius 2 is 0.817 bits per heavy atom. The maximum atomic E-state index is 10.6. The second kappa shape index (κ2) is 40.3. The van der Waals surface area contributed by atoms with Gasteiger partial charge in [0.1, 0.15) is 12.1 Å². The lowest BCUT2D eigenvalue weighted by Crippen LogP contribution is -2.29. The van der Waals surface area contributed by atoms with Gasteiger partial charge < -0.3 is 59.3 Å². The Balaban J connectivity index is 0.000000119. The van der Waals surface area contributed by atoms with Crippen molar-refractivity contribution < 1.29 is 30.6 Å². The van der Waals surface area contributed by atoms with Crippen LogP contribution in [0.5, 0.6) is 0 Å². The zero-order valence-corrected chi connectivity index (χ0v) is 70.9. The number of likely N-dealkylation sites (tertiary alicyclic amines) is 4. The smallest absolute Gasteiger partial charge is 0.130 e. The second-order valence-electron chi connectivity index (χ2n) is 33.6. The molecule has 0 bridgehead atoms. The topological polar surface area (TPSA) is 342 Å². The molecule has 12 atom stereocenters. The first-order valence-electron chi connectivity index (χ1n) is 41.9. The van der Waals surface area contributed by atoms with E-state index in [1.165, 1.54) is 97.5 Å². The number of nitrogens with zero attached hydrogens (tertiary/aromatic N) is 10. The Morgan fingerprint density at radius 1 is 0.417 bits per heavy atom. The molecule has 618 valence electrons. The molecule has 0 radical (unpaired) electrons. The predicted octanol–water partition coefficient (Wildman–Crippen LogP) is 11.3. The summed E-state index contributed by atoms with van der Waals surface area (Å²) in [6.45, 7) is 12.7. The van der Waals surface area contributed by atoms with Gasteiger partial charge in [0.25, 0.3) is 0 Å². The minimum atomic E-state index is -0.772. The van der Waals surface area contributed by atoms with Crippen LogP contribution in [0, 0.1) is 35.5 Å². The number of nitrogen functional groups attached to an aromatic ring is 5. The van der Waals surface area contributed by atoms with Crippen LogP contribution in [0.15, 0.2) is 115 Å². The Labute approximate surface area is 701 Å². The Bertz CT molecular complexity index is 4350. The van der Waals surface area contributed by atoms with Gasteiger partial charge in [-0.25, -0.2) is 9.97 Å². The fraction of sp³-hybridized carbons (Fsp3) is 0.551. The quantitative estimate of drug-likeness (QED) is 0.0222. The number of β-amino-alcohol motifs (C(OH)–C–C–N with tert-alkyl or cyclic N) is 4. The van der Waals surface area contributed by atoms with Crippen molar-refractivity contribution in [1.82, 2.24) is 49.5 Å². The van der Waals surface area contributed by atoms with E-state index >= 15 is 0 Å². The van der Waals surface area contributed by atoms with Crippen LogP contribution < -0.4 is 28.7 Å². The van der Waals surface area contributed by atoms with Crippen molar-refractivity contribution in [2.45, 2.75) is 168 Å². The number of pyridine rings is 4. The lowest BCUT2D eigenvalue weighted by molar-refractivity contribution is 0.0160. The molecular weight excluding hydrogens is 1540 g/mol. The third kappa shape index (κ3) is 21.2. The summed E-state index contributed by atoms with van der Waals surface area (Å²) in [4.78, 5) is 37.0. The number of aliphatic hydroxyl groups excluding tert-OH is 6. The Kier molecular flexibility index (Phi) is 29.9. The molecular formula is C89H120ClN15O6S4. The van der Waals surface area contributed by atoms with Crippen LogP contribution in [0.3, 0.4) is 0 Å². The van der Waals surface area contributed by atoms with E-state index in [1.807, 2.05) is 54.2 Å². The van der Waals surface area contributed by atoms with E-state index < -0.39 is 12.2 Å². The molecule has 5 aromatic heterocycles. The number of allylic oxidation sites excluding steroid dienone is 5. The average Bonchev–Trinajstić information content (AvgIpc) is 1.62. The first-order chi connectivity index (χ1) is 55.8. The summed E-state index contributed by atoms with van der Waals surface area (Å²) in [5.74, 6) is 6.11. The van der Waals surface area contributed by atoms with Gasteiger partial charge >= 0.3 is 0 Å². The number of nitrogens with two attached hydrogens (primary N) is 5. The molecule has 6 aromatic rings. The highest BCUT2D eigenvalue weighted by atomic mass is 35.5. The van der Waals surface area contributed by atoms with Crippen molar-refractivity contribution in [3.05, 3.63) is 171 Å². The van der Waals surface area contributed by atoms with Gasteiger partial charge in [0, 0.05) is 215 Å². The second-order valence-corrected chi connectivity index (χ2v) is 38.7. The number of halogens is 1. The number of fused-ring (bicyclic) bond motifs is 5. The van der Waals surface area contributed by atoms with E-state index in [0.29, 0.717) is 34.5 Å². The Hall–Kier alpha value is -6.11. The summed E-state index contributed by atoms with van der Waals surface area (Å²) in [7, 11) is 0. The molecule has 1 unspecified atom stereocenters. The molecule has 4 saturated heterocycles. The van der Waals surface area contributed by atoms with Crippen LogP contribution in [0.1, 0.15) is 140 Å². The number of hydrogen-bond donors (Lipinski definition) is 11. The molecule has 7 fully saturated rings. The molecule has 3 saturated carbocycles. The number of thioether (sulfide) groups is 4. The largest absolute Gasteiger partial charge is 0.398 e. The highest BCUT2D eigenvalue weighted by molar-refractivity contribution is 8.00. The maximum Gasteiger partial charge on any atom is 0.130 e. The van der Waals surface area contributed by atoms with Crippen molar-refractivity contribution in [1.29, 1.82) is 0 Å². The zero-order valence-electron chi connectivity index (χ0n) is 66.9. The molecule has 4 aliphatic heterocycles. The SMILES string of the molecule is CCC[C@H]1CN(CC2=CCc3c(N)ncnc32)C[C@H]1O.CSC[C@H]1CN(CC2=CCc3c(N)ccnc32)C[C@H]1O.Nc1ccnc2c1CC=C2CN1C[C@H](CSC2CCC2)[C@H](O)C1.Nc1ccnc2c1CC=C2CN1C[C@H](CSC2CCCCCC2)[C@H](O)C1.Nc1ccnc2c1CC=C2[C@@H]1C[C@H](CSc2ccc(Cl)cc2)[C@H](O)C1O. The van der Waals surface area contributed by atoms with E-state index in [2.05, 4.69) is 117 Å². The van der Waals surface area contributed by atoms with Gasteiger partial charge in [0.15, 0.2) is 0 Å². The molecule has 9 heterocycles. The first-order valence-corrected chi connectivity index (χ1v) is 46.8. The van der Waals surface area contributed by atoms with Crippen LogP contribution in [-0.2, 0) is 32.1 Å². The third-order valence-electron chi connectivity index (χ3n) is 25.5. The van der Waals surface area contributed by atoms with Gasteiger partial charge in [-0.1, -0.05) is 87.4 Å². The summed E-state index contributed by atoms with van der Waals surface area (Å²) in [6.07, 6.45) is 39.1. The van der Waals surface area contributed by atoms with Crippen molar-refractivity contribution in [2.24, 2.45) is 35.5 Å². The van der Waals surface area contributed by atoms with Crippen molar-refractivity contribution >= 4 is 115 Å². The minimum Gasteiger partial charge on any atom is -0.398 e. The number of anilines is 5. The van der Waals surface area contributed by atoms with E-state index in [9.17, 15) is 30.6 Å². The summed E-state index contributed by atoms with van der Waals surface area (Å²) in [5.41, 5.74) is 50.0. The van der Waals surface area contributed by atoms with Crippen LogP contribution in [-0.4, -0.2) is 235 Å². The minimum absolute atomic E-state index is 0.0293. The van der Waals surface area contributed by atoms with Crippen LogP contribution in [0.2, 0.25) is 5.02 Å². The lowest BCUT2D eigenvalue weighted by atomic mass is 9.93. The van der Waals surface area contributed by atoms with E-state index in [-0.39, 0.29) is 36.3 Å². The fourth-order valence-electron chi connectivity index (χ4n) is 18.8. The van der Waals surface area contributed by atoms with Crippen molar-refractivity contribution in [2.75, 3.05) is 136 Å². The van der Waals surface area contributed by atoms with E-state index in [1.54, 1.807) is 42.6 Å². The zero-order chi connectivity index (χ0) is 80.2. The van der Waals surface area contributed by atoms with Crippen LogP contribution >= 0.6 is 58.6 Å². The number of aromatic nitrogens is 6. The van der Waals surface area contributed by atoms with Gasteiger partial charge in [-0.2, -0.15) is 35.3 Å². The molecule has 21 nitrogen and oxygen atoms in total. The Morgan fingerprint density at radius 3 is 1.26 bits per heavy atom. The van der Waals surface area contributed by atoms with Gasteiger partial charge in [-0.3, -0.25) is 39.5 Å². The molecule has 12 aliphatic rings. The van der Waals surface area contributed by atoms with Crippen LogP contribution in [0.25, 0.3) is 27.9 Å². The molecule has 0 amide bonds. The number of benzene rings is 1. The van der Waals surface area contributed by atoms with E-state index in [4.69, 9.17) is 40.3 Å². The maximum absolute atomic E-state index is 10.6. The predicted molar refractivity (Wildman–Crippen MR) is 476 cm³/mol. The van der Waals surface area contributed by atoms with Gasteiger partial charge in [0.2, 0.25) is 0 Å². The molecule has 0 spiro atoms.